The van der Waals surface area contributed by atoms with Crippen LogP contribution in [0.2, 0.25) is 0 Å². The van der Waals surface area contributed by atoms with Crippen LogP contribution in [-0.4, -0.2) is 17.4 Å². The number of benzene rings is 2. The predicted molar refractivity (Wildman–Crippen MR) is 106 cm³/mol. The number of carbonyl (C=O) groups excluding carboxylic acids is 1. The normalized spacial score (nSPS) is 16.3. The molecule has 3 nitrogen and oxygen atoms in total. The van der Waals surface area contributed by atoms with E-state index in [4.69, 9.17) is 0 Å². The number of aromatic amines is 1. The molecule has 0 saturated heterocycles. The molecule has 0 aliphatic heterocycles. The lowest BCUT2D eigenvalue weighted by Gasteiger charge is -2.36. The minimum Gasteiger partial charge on any atom is -0.361 e. The van der Waals surface area contributed by atoms with Crippen molar-refractivity contribution in [1.82, 2.24) is 10.3 Å². The molecule has 3 aromatic rings. The van der Waals surface area contributed by atoms with Gasteiger partial charge in [0.05, 0.1) is 5.41 Å². The Labute approximate surface area is 159 Å². The summed E-state index contributed by atoms with van der Waals surface area (Å²) in [5.74, 6) is -0.182. The lowest BCUT2D eigenvalue weighted by Crippen LogP contribution is -2.46. The molecule has 0 atom stereocenters. The summed E-state index contributed by atoms with van der Waals surface area (Å²) in [5, 5.41) is 4.37. The number of hydrogen-bond donors (Lipinski definition) is 2. The molecular weight excluding hydrogens is 339 g/mol. The van der Waals surface area contributed by atoms with Crippen molar-refractivity contribution in [3.8, 4) is 0 Å². The van der Waals surface area contributed by atoms with Crippen molar-refractivity contribution in [2.45, 2.75) is 43.9 Å². The molecule has 140 valence electrons. The first-order valence-electron chi connectivity index (χ1n) is 9.78. The second kappa shape index (κ2) is 7.55. The minimum atomic E-state index is -0.522. The summed E-state index contributed by atoms with van der Waals surface area (Å²) in [7, 11) is 0. The molecule has 27 heavy (non-hydrogen) atoms. The van der Waals surface area contributed by atoms with Gasteiger partial charge in [-0.15, -0.1) is 0 Å². The molecule has 4 rings (SSSR count). The zero-order valence-corrected chi connectivity index (χ0v) is 15.4. The second-order valence-corrected chi connectivity index (χ2v) is 7.52. The average molecular weight is 364 g/mol. The van der Waals surface area contributed by atoms with Crippen LogP contribution in [0.1, 0.15) is 43.2 Å². The average Bonchev–Trinajstić information content (AvgIpc) is 3.12. The summed E-state index contributed by atoms with van der Waals surface area (Å²) in [5.41, 5.74) is 2.75. The number of hydrogen-bond acceptors (Lipinski definition) is 1. The third-order valence-corrected chi connectivity index (χ3v) is 5.89. The molecule has 1 amide bonds. The Kier molecular flexibility index (Phi) is 4.97. The van der Waals surface area contributed by atoms with Crippen LogP contribution in [0.25, 0.3) is 10.9 Å². The van der Waals surface area contributed by atoms with Crippen LogP contribution in [0.3, 0.4) is 0 Å². The summed E-state index contributed by atoms with van der Waals surface area (Å²) in [4.78, 5) is 16.5. The predicted octanol–water partition coefficient (Wildman–Crippen LogP) is 4.87. The standard InChI is InChI=1S/C23H25FN2O/c24-19-10-8-18(9-11-19)23(13-4-1-5-14-23)22(27)25-15-12-17-16-26-21-7-3-2-6-20(17)21/h2-3,6-11,16,26H,1,4-5,12-15H2,(H,25,27). The van der Waals surface area contributed by atoms with E-state index in [0.717, 1.165) is 49.6 Å². The molecule has 1 fully saturated rings. The molecule has 1 aliphatic carbocycles. The number of amides is 1. The van der Waals surface area contributed by atoms with Crippen molar-refractivity contribution in [2.24, 2.45) is 0 Å². The Hall–Kier alpha value is -2.62. The van der Waals surface area contributed by atoms with Crippen molar-refractivity contribution in [3.05, 3.63) is 71.7 Å². The molecule has 4 heteroatoms. The summed E-state index contributed by atoms with van der Waals surface area (Å²) < 4.78 is 13.4. The molecule has 1 heterocycles. The zero-order valence-electron chi connectivity index (χ0n) is 15.4. The van der Waals surface area contributed by atoms with E-state index in [-0.39, 0.29) is 11.7 Å². The van der Waals surface area contributed by atoms with Crippen molar-refractivity contribution < 1.29 is 9.18 Å². The number of fused-ring (bicyclic) bond motifs is 1. The van der Waals surface area contributed by atoms with Gasteiger partial charge < -0.3 is 10.3 Å². The van der Waals surface area contributed by atoms with E-state index in [1.54, 1.807) is 12.1 Å². The Morgan fingerprint density at radius 1 is 1.04 bits per heavy atom. The van der Waals surface area contributed by atoms with Crippen LogP contribution in [0.15, 0.2) is 54.7 Å². The van der Waals surface area contributed by atoms with E-state index >= 15 is 0 Å². The van der Waals surface area contributed by atoms with Gasteiger partial charge in [0.15, 0.2) is 0 Å². The van der Waals surface area contributed by atoms with Crippen LogP contribution in [0.5, 0.6) is 0 Å². The summed E-state index contributed by atoms with van der Waals surface area (Å²) in [6, 6.07) is 14.7. The number of nitrogens with one attached hydrogen (secondary N) is 2. The maximum absolute atomic E-state index is 13.4. The van der Waals surface area contributed by atoms with Crippen LogP contribution in [0, 0.1) is 5.82 Å². The van der Waals surface area contributed by atoms with Gasteiger partial charge in [0.2, 0.25) is 5.91 Å². The molecule has 0 unspecified atom stereocenters. The molecule has 0 bridgehead atoms. The fourth-order valence-electron chi connectivity index (χ4n) is 4.39. The quantitative estimate of drug-likeness (QED) is 0.667. The van der Waals surface area contributed by atoms with Gasteiger partial charge in [0, 0.05) is 23.6 Å². The van der Waals surface area contributed by atoms with Crippen molar-refractivity contribution in [3.63, 3.8) is 0 Å². The fourth-order valence-corrected chi connectivity index (χ4v) is 4.39. The second-order valence-electron chi connectivity index (χ2n) is 7.52. The lowest BCUT2D eigenvalue weighted by molar-refractivity contribution is -0.128. The first-order chi connectivity index (χ1) is 13.2. The van der Waals surface area contributed by atoms with Crippen molar-refractivity contribution >= 4 is 16.8 Å². The molecule has 0 spiro atoms. The summed E-state index contributed by atoms with van der Waals surface area (Å²) in [6.45, 7) is 0.601. The number of aromatic nitrogens is 1. The van der Waals surface area contributed by atoms with E-state index in [1.807, 2.05) is 18.3 Å². The summed E-state index contributed by atoms with van der Waals surface area (Å²) >= 11 is 0. The monoisotopic (exact) mass is 364 g/mol. The Morgan fingerprint density at radius 3 is 2.56 bits per heavy atom. The summed E-state index contributed by atoms with van der Waals surface area (Å²) in [6.07, 6.45) is 7.70. The Morgan fingerprint density at radius 2 is 1.78 bits per heavy atom. The Balaban J connectivity index is 1.48. The van der Waals surface area contributed by atoms with E-state index in [0.29, 0.717) is 6.54 Å². The molecule has 1 saturated carbocycles. The van der Waals surface area contributed by atoms with Gasteiger partial charge in [-0.2, -0.15) is 0 Å². The van der Waals surface area contributed by atoms with Crippen LogP contribution in [0.4, 0.5) is 4.39 Å². The zero-order chi connectivity index (χ0) is 18.7. The van der Waals surface area contributed by atoms with Crippen molar-refractivity contribution in [1.29, 1.82) is 0 Å². The number of halogens is 1. The number of carbonyl (C=O) groups is 1. The van der Waals surface area contributed by atoms with Gasteiger partial charge in [0.25, 0.3) is 0 Å². The third-order valence-electron chi connectivity index (χ3n) is 5.89. The Bertz CT molecular complexity index is 923. The largest absolute Gasteiger partial charge is 0.361 e. The highest BCUT2D eigenvalue weighted by Crippen LogP contribution is 2.39. The van der Waals surface area contributed by atoms with E-state index < -0.39 is 5.41 Å². The van der Waals surface area contributed by atoms with Gasteiger partial charge in [-0.25, -0.2) is 4.39 Å². The fraction of sp³-hybridized carbons (Fsp3) is 0.348. The van der Waals surface area contributed by atoms with Gasteiger partial charge in [-0.05, 0) is 48.6 Å². The highest BCUT2D eigenvalue weighted by molar-refractivity contribution is 5.88. The van der Waals surface area contributed by atoms with E-state index in [9.17, 15) is 9.18 Å². The van der Waals surface area contributed by atoms with Gasteiger partial charge in [-0.3, -0.25) is 4.79 Å². The number of H-pyrrole nitrogens is 1. The molecular formula is C23H25FN2O. The lowest BCUT2D eigenvalue weighted by atomic mass is 9.68. The molecule has 1 aromatic heterocycles. The molecule has 2 aromatic carbocycles. The number of para-hydroxylation sites is 1. The van der Waals surface area contributed by atoms with Gasteiger partial charge in [0.1, 0.15) is 5.82 Å². The maximum atomic E-state index is 13.4. The highest BCUT2D eigenvalue weighted by atomic mass is 19.1. The smallest absolute Gasteiger partial charge is 0.230 e. The van der Waals surface area contributed by atoms with Gasteiger partial charge in [-0.1, -0.05) is 49.6 Å². The van der Waals surface area contributed by atoms with Crippen molar-refractivity contribution in [2.75, 3.05) is 6.54 Å². The minimum absolute atomic E-state index is 0.0775. The topological polar surface area (TPSA) is 44.9 Å². The maximum Gasteiger partial charge on any atom is 0.230 e. The highest BCUT2D eigenvalue weighted by Gasteiger charge is 2.40. The molecule has 2 N–H and O–H groups in total. The van der Waals surface area contributed by atoms with Crippen LogP contribution in [-0.2, 0) is 16.6 Å². The third kappa shape index (κ3) is 3.48. The van der Waals surface area contributed by atoms with E-state index in [1.165, 1.54) is 23.1 Å². The number of rotatable bonds is 5. The SMILES string of the molecule is O=C(NCCc1c[nH]c2ccccc12)C1(c2ccc(F)cc2)CCCCC1. The molecule has 1 aliphatic rings. The van der Waals surface area contributed by atoms with Crippen LogP contribution >= 0.6 is 0 Å². The van der Waals surface area contributed by atoms with Crippen LogP contribution < -0.4 is 5.32 Å². The first-order valence-corrected chi connectivity index (χ1v) is 9.78. The first kappa shape index (κ1) is 17.8. The molecule has 0 radical (unpaired) electrons. The van der Waals surface area contributed by atoms with Gasteiger partial charge >= 0.3 is 0 Å². The van der Waals surface area contributed by atoms with E-state index in [2.05, 4.69) is 22.4 Å².